The third-order valence-corrected chi connectivity index (χ3v) is 4.21. The lowest BCUT2D eigenvalue weighted by molar-refractivity contribution is -0.138. The van der Waals surface area contributed by atoms with Crippen LogP contribution in [0.3, 0.4) is 0 Å². The zero-order valence-corrected chi connectivity index (χ0v) is 14.1. The molecule has 1 atom stereocenters. The number of aromatic nitrogens is 3. The highest BCUT2D eigenvalue weighted by Gasteiger charge is 2.37. The van der Waals surface area contributed by atoms with Crippen molar-refractivity contribution in [3.63, 3.8) is 0 Å². The highest BCUT2D eigenvalue weighted by atomic mass is 35.5. The second-order valence-corrected chi connectivity index (χ2v) is 6.22. The molecule has 0 spiro atoms. The Balaban J connectivity index is 1.79. The van der Waals surface area contributed by atoms with Gasteiger partial charge < -0.3 is 10.1 Å². The van der Waals surface area contributed by atoms with E-state index in [-0.39, 0.29) is 34.9 Å². The number of nitrogens with one attached hydrogen (secondary N) is 1. The molecule has 136 valence electrons. The van der Waals surface area contributed by atoms with Crippen LogP contribution in [-0.4, -0.2) is 33.2 Å². The monoisotopic (exact) mass is 376 g/mol. The van der Waals surface area contributed by atoms with Crippen molar-refractivity contribution < 1.29 is 22.7 Å². The van der Waals surface area contributed by atoms with Gasteiger partial charge in [-0.25, -0.2) is 0 Å². The number of amides is 1. The summed E-state index contributed by atoms with van der Waals surface area (Å²) in [6.45, 7) is 2.14. The number of hydrogen-bond donors (Lipinski definition) is 1. The highest BCUT2D eigenvalue weighted by molar-refractivity contribution is 6.33. The maximum atomic E-state index is 12.9. The van der Waals surface area contributed by atoms with Gasteiger partial charge in [0.1, 0.15) is 6.10 Å². The van der Waals surface area contributed by atoms with E-state index in [2.05, 4.69) is 15.5 Å². The molecule has 0 aromatic carbocycles. The molecular formula is C15H16ClF3N4O2. The van der Waals surface area contributed by atoms with Crippen molar-refractivity contribution in [2.75, 3.05) is 6.61 Å². The van der Waals surface area contributed by atoms with Crippen LogP contribution in [0, 0.1) is 5.92 Å². The van der Waals surface area contributed by atoms with Gasteiger partial charge >= 0.3 is 6.18 Å². The first-order valence-electron chi connectivity index (χ1n) is 7.81. The average molecular weight is 377 g/mol. The summed E-state index contributed by atoms with van der Waals surface area (Å²) in [7, 11) is 0. The van der Waals surface area contributed by atoms with E-state index >= 15 is 0 Å². The van der Waals surface area contributed by atoms with Gasteiger partial charge in [0.15, 0.2) is 11.5 Å². The summed E-state index contributed by atoms with van der Waals surface area (Å²) >= 11 is 5.86. The molecule has 1 N–H and O–H groups in total. The smallest absolute Gasteiger partial charge is 0.368 e. The predicted molar refractivity (Wildman–Crippen MR) is 83.0 cm³/mol. The van der Waals surface area contributed by atoms with Gasteiger partial charge in [-0.1, -0.05) is 11.6 Å². The zero-order valence-electron chi connectivity index (χ0n) is 13.3. The summed E-state index contributed by atoms with van der Waals surface area (Å²) in [5, 5.41) is 10.1. The number of alkyl halides is 3. The molecule has 1 aliphatic rings. The molecule has 6 nitrogen and oxygen atoms in total. The van der Waals surface area contributed by atoms with Crippen molar-refractivity contribution in [2.45, 2.75) is 38.6 Å². The minimum absolute atomic E-state index is 0.0755. The quantitative estimate of drug-likeness (QED) is 0.841. The predicted octanol–water partition coefficient (Wildman–Crippen LogP) is 2.83. The summed E-state index contributed by atoms with van der Waals surface area (Å²) in [6, 6.07) is 0.798. The normalized spacial score (nSPS) is 16.2. The Morgan fingerprint density at radius 3 is 2.80 bits per heavy atom. The van der Waals surface area contributed by atoms with Crippen LogP contribution in [0.5, 0.6) is 0 Å². The summed E-state index contributed by atoms with van der Waals surface area (Å²) < 4.78 is 45.4. The topological polar surface area (TPSA) is 68.5 Å². The second kappa shape index (κ2) is 6.80. The highest BCUT2D eigenvalue weighted by Crippen LogP contribution is 2.34. The summed E-state index contributed by atoms with van der Waals surface area (Å²) in [5.74, 6) is 0.0444. The van der Waals surface area contributed by atoms with Gasteiger partial charge in [0.05, 0.1) is 17.1 Å². The molecule has 0 radical (unpaired) electrons. The Bertz CT molecular complexity index is 789. The molecule has 1 amide bonds. The lowest BCUT2D eigenvalue weighted by Gasteiger charge is -2.15. The molecule has 2 aromatic heterocycles. The number of fused-ring (bicyclic) bond motifs is 1. The minimum atomic E-state index is -4.55. The molecule has 1 fully saturated rings. The van der Waals surface area contributed by atoms with E-state index in [1.54, 1.807) is 6.92 Å². The largest absolute Gasteiger partial charge is 0.417 e. The van der Waals surface area contributed by atoms with E-state index in [9.17, 15) is 18.0 Å². The van der Waals surface area contributed by atoms with E-state index in [0.29, 0.717) is 6.61 Å². The van der Waals surface area contributed by atoms with E-state index in [1.807, 2.05) is 0 Å². The average Bonchev–Trinajstić information content (AvgIpc) is 3.29. The van der Waals surface area contributed by atoms with Crippen LogP contribution < -0.4 is 5.32 Å². The maximum absolute atomic E-state index is 12.9. The first kappa shape index (κ1) is 17.9. The summed E-state index contributed by atoms with van der Waals surface area (Å²) in [4.78, 5) is 12.2. The number of pyridine rings is 1. The number of halogens is 4. The molecule has 2 heterocycles. The standard InChI is InChI=1S/C15H16ClF3N4O2/c1-2-25-12(8-3-4-8)14(24)20-6-11-21-22-13-10(16)5-9(7-23(11)13)15(17,18)19/h5,7-8,12H,2-4,6H2,1H3,(H,20,24)/t12-/m0/s1. The molecule has 2 aromatic rings. The number of carbonyl (C=O) groups is 1. The van der Waals surface area contributed by atoms with Crippen LogP contribution in [0.1, 0.15) is 31.2 Å². The number of ether oxygens (including phenoxy) is 1. The molecule has 1 aliphatic carbocycles. The first-order valence-corrected chi connectivity index (χ1v) is 8.18. The fourth-order valence-electron chi connectivity index (χ4n) is 2.55. The Morgan fingerprint density at radius 2 is 2.20 bits per heavy atom. The van der Waals surface area contributed by atoms with Crippen molar-refractivity contribution in [3.8, 4) is 0 Å². The second-order valence-electron chi connectivity index (χ2n) is 5.82. The molecule has 25 heavy (non-hydrogen) atoms. The lowest BCUT2D eigenvalue weighted by atomic mass is 10.2. The Morgan fingerprint density at radius 1 is 1.48 bits per heavy atom. The maximum Gasteiger partial charge on any atom is 0.417 e. The van der Waals surface area contributed by atoms with Crippen LogP contribution in [0.4, 0.5) is 13.2 Å². The molecule has 0 saturated heterocycles. The lowest BCUT2D eigenvalue weighted by Crippen LogP contribution is -2.38. The van der Waals surface area contributed by atoms with Gasteiger partial charge in [-0.15, -0.1) is 10.2 Å². The van der Waals surface area contributed by atoms with Crippen LogP contribution in [-0.2, 0) is 22.3 Å². The number of carbonyl (C=O) groups excluding carboxylic acids is 1. The van der Waals surface area contributed by atoms with Crippen molar-refractivity contribution in [1.29, 1.82) is 0 Å². The van der Waals surface area contributed by atoms with Crippen LogP contribution in [0.15, 0.2) is 12.3 Å². The third kappa shape index (κ3) is 3.87. The fraction of sp³-hybridized carbons (Fsp3) is 0.533. The van der Waals surface area contributed by atoms with Crippen LogP contribution in [0.25, 0.3) is 5.65 Å². The Labute approximate surface area is 146 Å². The minimum Gasteiger partial charge on any atom is -0.368 e. The van der Waals surface area contributed by atoms with Crippen molar-refractivity contribution in [2.24, 2.45) is 5.92 Å². The van der Waals surface area contributed by atoms with Gasteiger partial charge in [-0.2, -0.15) is 13.2 Å². The number of rotatable bonds is 6. The van der Waals surface area contributed by atoms with Gasteiger partial charge in [-0.3, -0.25) is 9.20 Å². The SMILES string of the molecule is CCO[C@H](C(=O)NCc1nnc2c(Cl)cc(C(F)(F)F)cn12)C1CC1. The first-order chi connectivity index (χ1) is 11.8. The van der Waals surface area contributed by atoms with E-state index in [0.717, 1.165) is 29.5 Å². The van der Waals surface area contributed by atoms with E-state index < -0.39 is 17.8 Å². The molecule has 1 saturated carbocycles. The van der Waals surface area contributed by atoms with Gasteiger partial charge in [0.2, 0.25) is 5.91 Å². The van der Waals surface area contributed by atoms with Crippen molar-refractivity contribution >= 4 is 23.2 Å². The number of hydrogen-bond acceptors (Lipinski definition) is 4. The van der Waals surface area contributed by atoms with Crippen LogP contribution in [0.2, 0.25) is 5.02 Å². The molecule has 0 aliphatic heterocycles. The molecule has 0 bridgehead atoms. The van der Waals surface area contributed by atoms with Gasteiger partial charge in [-0.05, 0) is 31.7 Å². The van der Waals surface area contributed by atoms with Crippen molar-refractivity contribution in [1.82, 2.24) is 19.9 Å². The summed E-state index contributed by atoms with van der Waals surface area (Å²) in [5.41, 5.74) is -0.815. The molecule has 10 heteroatoms. The molecule has 3 rings (SSSR count). The third-order valence-electron chi connectivity index (χ3n) is 3.93. The number of nitrogens with zero attached hydrogens (tertiary/aromatic N) is 3. The van der Waals surface area contributed by atoms with Gasteiger partial charge in [0, 0.05) is 12.8 Å². The Kier molecular flexibility index (Phi) is 4.88. The Hall–Kier alpha value is -1.87. The zero-order chi connectivity index (χ0) is 18.2. The van der Waals surface area contributed by atoms with Gasteiger partial charge in [0.25, 0.3) is 0 Å². The fourth-order valence-corrected chi connectivity index (χ4v) is 2.79. The summed E-state index contributed by atoms with van der Waals surface area (Å²) in [6.07, 6.45) is -2.37. The van der Waals surface area contributed by atoms with Crippen LogP contribution >= 0.6 is 11.6 Å². The molecular weight excluding hydrogens is 361 g/mol. The molecule has 0 unspecified atom stereocenters. The van der Waals surface area contributed by atoms with E-state index in [4.69, 9.17) is 16.3 Å². The van der Waals surface area contributed by atoms with E-state index in [1.165, 1.54) is 0 Å². The van der Waals surface area contributed by atoms with Crippen molar-refractivity contribution in [3.05, 3.63) is 28.7 Å².